The molecule has 0 aliphatic carbocycles. The van der Waals surface area contributed by atoms with Gasteiger partial charge in [0.2, 0.25) is 5.95 Å². The van der Waals surface area contributed by atoms with Crippen LogP contribution in [0.4, 0.5) is 21.8 Å². The number of benzene rings is 1. The van der Waals surface area contributed by atoms with Crippen LogP contribution in [-0.4, -0.2) is 43.0 Å². The molecule has 1 aliphatic rings. The number of aromatic nitrogens is 2. The third-order valence-electron chi connectivity index (χ3n) is 4.03. The summed E-state index contributed by atoms with van der Waals surface area (Å²) in [5.74, 6) is 1.08. The summed E-state index contributed by atoms with van der Waals surface area (Å²) in [7, 11) is -1.16. The number of sulfone groups is 1. The second-order valence-electron chi connectivity index (χ2n) is 5.99. The highest BCUT2D eigenvalue weighted by Crippen LogP contribution is 2.23. The molecule has 128 valence electrons. The van der Waals surface area contributed by atoms with Crippen molar-refractivity contribution >= 4 is 27.3 Å². The van der Waals surface area contributed by atoms with E-state index in [4.69, 9.17) is 0 Å². The van der Waals surface area contributed by atoms with Crippen LogP contribution in [0, 0.1) is 12.7 Å². The third kappa shape index (κ3) is 3.81. The van der Waals surface area contributed by atoms with Crippen molar-refractivity contribution in [2.24, 2.45) is 0 Å². The number of hydrogen-bond acceptors (Lipinski definition) is 6. The van der Waals surface area contributed by atoms with Gasteiger partial charge in [-0.25, -0.2) is 17.8 Å². The Kier molecular flexibility index (Phi) is 4.40. The van der Waals surface area contributed by atoms with Gasteiger partial charge in [0.15, 0.2) is 9.84 Å². The molecule has 1 N–H and O–H groups in total. The lowest BCUT2D eigenvalue weighted by Crippen LogP contribution is -2.34. The Labute approximate surface area is 140 Å². The highest BCUT2D eigenvalue weighted by Gasteiger charge is 2.31. The summed E-state index contributed by atoms with van der Waals surface area (Å²) in [6.07, 6.45) is 0.580. The van der Waals surface area contributed by atoms with E-state index in [0.717, 1.165) is 5.69 Å². The first kappa shape index (κ1) is 16.6. The van der Waals surface area contributed by atoms with E-state index in [9.17, 15) is 12.8 Å². The lowest BCUT2D eigenvalue weighted by atomic mass is 10.2. The molecule has 0 radical (unpaired) electrons. The van der Waals surface area contributed by atoms with Gasteiger partial charge in [0.25, 0.3) is 0 Å². The van der Waals surface area contributed by atoms with Crippen LogP contribution in [0.5, 0.6) is 0 Å². The average molecular weight is 350 g/mol. The Bertz CT molecular complexity index is 840. The summed E-state index contributed by atoms with van der Waals surface area (Å²) < 4.78 is 36.3. The second-order valence-corrected chi connectivity index (χ2v) is 8.22. The maximum absolute atomic E-state index is 13.0. The van der Waals surface area contributed by atoms with Crippen LogP contribution in [0.3, 0.4) is 0 Å². The number of hydrogen-bond donors (Lipinski definition) is 1. The summed E-state index contributed by atoms with van der Waals surface area (Å²) in [5, 5.41) is 3.11. The average Bonchev–Trinajstić information content (AvgIpc) is 2.88. The molecule has 0 bridgehead atoms. The fourth-order valence-electron chi connectivity index (χ4n) is 2.70. The van der Waals surface area contributed by atoms with Crippen molar-refractivity contribution in [1.29, 1.82) is 0 Å². The maximum Gasteiger partial charge on any atom is 0.227 e. The molecule has 0 spiro atoms. The fourth-order valence-corrected chi connectivity index (χ4v) is 4.47. The lowest BCUT2D eigenvalue weighted by Gasteiger charge is -2.24. The van der Waals surface area contributed by atoms with Gasteiger partial charge in [-0.2, -0.15) is 4.98 Å². The lowest BCUT2D eigenvalue weighted by molar-refractivity contribution is 0.600. The molecule has 1 aromatic heterocycles. The highest BCUT2D eigenvalue weighted by atomic mass is 32.2. The minimum atomic E-state index is -2.97. The number of halogens is 1. The van der Waals surface area contributed by atoms with E-state index in [0.29, 0.717) is 23.9 Å². The highest BCUT2D eigenvalue weighted by molar-refractivity contribution is 7.91. The van der Waals surface area contributed by atoms with Crippen LogP contribution in [-0.2, 0) is 9.84 Å². The van der Waals surface area contributed by atoms with Gasteiger partial charge >= 0.3 is 0 Å². The molecule has 8 heteroatoms. The molecule has 1 unspecified atom stereocenters. The minimum Gasteiger partial charge on any atom is -0.340 e. The molecule has 1 saturated heterocycles. The van der Waals surface area contributed by atoms with E-state index in [-0.39, 0.29) is 23.4 Å². The Morgan fingerprint density at radius 1 is 1.25 bits per heavy atom. The molecule has 0 saturated carbocycles. The molecule has 1 atom stereocenters. The van der Waals surface area contributed by atoms with Crippen LogP contribution in [0.15, 0.2) is 30.3 Å². The Balaban J connectivity index is 1.82. The van der Waals surface area contributed by atoms with Crippen molar-refractivity contribution in [2.45, 2.75) is 19.4 Å². The molecule has 2 heterocycles. The van der Waals surface area contributed by atoms with E-state index in [1.807, 2.05) is 18.9 Å². The zero-order chi connectivity index (χ0) is 17.3. The van der Waals surface area contributed by atoms with Gasteiger partial charge in [0, 0.05) is 30.5 Å². The van der Waals surface area contributed by atoms with E-state index in [1.54, 1.807) is 18.2 Å². The summed E-state index contributed by atoms with van der Waals surface area (Å²) in [4.78, 5) is 10.7. The summed E-state index contributed by atoms with van der Waals surface area (Å²) in [6, 6.07) is 7.65. The van der Waals surface area contributed by atoms with Crippen molar-refractivity contribution in [3.63, 3.8) is 0 Å². The van der Waals surface area contributed by atoms with Crippen LogP contribution in [0.25, 0.3) is 0 Å². The minimum absolute atomic E-state index is 0.115. The van der Waals surface area contributed by atoms with E-state index in [2.05, 4.69) is 15.3 Å². The number of rotatable bonds is 4. The predicted molar refractivity (Wildman–Crippen MR) is 91.9 cm³/mol. The van der Waals surface area contributed by atoms with Crippen molar-refractivity contribution in [1.82, 2.24) is 9.97 Å². The number of aryl methyl sites for hydroxylation is 1. The maximum atomic E-state index is 13.0. The summed E-state index contributed by atoms with van der Waals surface area (Å²) in [6.45, 7) is 1.85. The summed E-state index contributed by atoms with van der Waals surface area (Å²) in [5.41, 5.74) is 1.48. The van der Waals surface area contributed by atoms with Gasteiger partial charge in [0.1, 0.15) is 11.6 Å². The van der Waals surface area contributed by atoms with Gasteiger partial charge < -0.3 is 10.2 Å². The molecule has 24 heavy (non-hydrogen) atoms. The van der Waals surface area contributed by atoms with Crippen LogP contribution in [0.1, 0.15) is 12.1 Å². The number of nitrogens with zero attached hydrogens (tertiary/aromatic N) is 3. The third-order valence-corrected chi connectivity index (χ3v) is 5.78. The Morgan fingerprint density at radius 3 is 2.58 bits per heavy atom. The molecule has 3 rings (SSSR count). The second kappa shape index (κ2) is 6.35. The smallest absolute Gasteiger partial charge is 0.227 e. The molecular weight excluding hydrogens is 331 g/mol. The summed E-state index contributed by atoms with van der Waals surface area (Å²) >= 11 is 0. The largest absolute Gasteiger partial charge is 0.340 e. The van der Waals surface area contributed by atoms with Crippen molar-refractivity contribution < 1.29 is 12.8 Å². The van der Waals surface area contributed by atoms with Crippen LogP contribution >= 0.6 is 0 Å². The molecule has 2 aromatic rings. The first-order valence-electron chi connectivity index (χ1n) is 7.64. The quantitative estimate of drug-likeness (QED) is 0.912. The zero-order valence-corrected chi connectivity index (χ0v) is 14.3. The Morgan fingerprint density at radius 2 is 1.96 bits per heavy atom. The van der Waals surface area contributed by atoms with Gasteiger partial charge in [0.05, 0.1) is 11.5 Å². The zero-order valence-electron chi connectivity index (χ0n) is 13.5. The Hall–Kier alpha value is -2.22. The molecule has 1 fully saturated rings. The van der Waals surface area contributed by atoms with Gasteiger partial charge in [-0.1, -0.05) is 0 Å². The SMILES string of the molecule is Cc1cc(Nc2ccc(F)cc2)nc(N(C)C2CCS(=O)(=O)C2)n1. The molecular formula is C16H19FN4O2S. The van der Waals surface area contributed by atoms with Crippen LogP contribution in [0.2, 0.25) is 0 Å². The predicted octanol–water partition coefficient (Wildman–Crippen LogP) is 2.29. The molecule has 1 aliphatic heterocycles. The molecule has 1 aromatic carbocycles. The first-order chi connectivity index (χ1) is 11.3. The standard InChI is InChI=1S/C16H19FN4O2S/c1-11-9-15(19-13-5-3-12(17)4-6-13)20-16(18-11)21(2)14-7-8-24(22,23)10-14/h3-6,9,14H,7-8,10H2,1-2H3,(H,18,19,20). The normalized spacial score (nSPS) is 19.2. The van der Waals surface area contributed by atoms with Crippen LogP contribution < -0.4 is 10.2 Å². The van der Waals surface area contributed by atoms with E-state index >= 15 is 0 Å². The topological polar surface area (TPSA) is 75.2 Å². The molecule has 6 nitrogen and oxygen atoms in total. The molecule has 0 amide bonds. The fraction of sp³-hybridized carbons (Fsp3) is 0.375. The monoisotopic (exact) mass is 350 g/mol. The van der Waals surface area contributed by atoms with Gasteiger partial charge in [-0.3, -0.25) is 0 Å². The first-order valence-corrected chi connectivity index (χ1v) is 9.46. The number of nitrogens with one attached hydrogen (secondary N) is 1. The van der Waals surface area contributed by atoms with Crippen molar-refractivity contribution in [2.75, 3.05) is 28.8 Å². The van der Waals surface area contributed by atoms with E-state index < -0.39 is 9.84 Å². The van der Waals surface area contributed by atoms with E-state index in [1.165, 1.54) is 12.1 Å². The van der Waals surface area contributed by atoms with Gasteiger partial charge in [-0.05, 0) is 37.6 Å². The van der Waals surface area contributed by atoms with Crippen molar-refractivity contribution in [3.8, 4) is 0 Å². The van der Waals surface area contributed by atoms with Gasteiger partial charge in [-0.15, -0.1) is 0 Å². The van der Waals surface area contributed by atoms with Crippen molar-refractivity contribution in [3.05, 3.63) is 41.8 Å². The number of anilines is 3.